The van der Waals surface area contributed by atoms with E-state index in [-0.39, 0.29) is 18.2 Å². The third kappa shape index (κ3) is 5.74. The van der Waals surface area contributed by atoms with Gasteiger partial charge in [-0.15, -0.1) is 0 Å². The lowest BCUT2D eigenvalue weighted by Gasteiger charge is -2.14. The summed E-state index contributed by atoms with van der Waals surface area (Å²) < 4.78 is 0.477. The number of aryl methyl sites for hydroxylation is 1. The second-order valence-electron chi connectivity index (χ2n) is 6.59. The summed E-state index contributed by atoms with van der Waals surface area (Å²) in [5.41, 5.74) is 7.19. The minimum Gasteiger partial charge on any atom is -0.293 e. The maximum absolute atomic E-state index is 12.6. The minimum absolute atomic E-state index is 0.144. The van der Waals surface area contributed by atoms with Crippen LogP contribution in [0, 0.1) is 6.92 Å². The average molecular weight is 441 g/mol. The Hall–Kier alpha value is -3.04. The number of hydrazine groups is 1. The number of carbonyl (C=O) groups excluding carboxylic acids is 3. The van der Waals surface area contributed by atoms with E-state index < -0.39 is 5.91 Å². The van der Waals surface area contributed by atoms with Crippen LogP contribution in [-0.4, -0.2) is 38.5 Å². The van der Waals surface area contributed by atoms with Gasteiger partial charge in [-0.3, -0.25) is 35.1 Å². The fourth-order valence-corrected chi connectivity index (χ4v) is 3.98. The molecule has 1 aromatic heterocycles. The molecule has 0 spiro atoms. The predicted octanol–water partition coefficient (Wildman–Crippen LogP) is 2.83. The summed E-state index contributed by atoms with van der Waals surface area (Å²) >= 11 is 6.57. The number of rotatable bonds is 6. The predicted molar refractivity (Wildman–Crippen MR) is 120 cm³/mol. The van der Waals surface area contributed by atoms with E-state index in [1.165, 1.54) is 29.1 Å². The van der Waals surface area contributed by atoms with E-state index in [2.05, 4.69) is 15.8 Å². The maximum Gasteiger partial charge on any atom is 0.269 e. The maximum atomic E-state index is 12.6. The Morgan fingerprint density at radius 3 is 2.53 bits per heavy atom. The van der Waals surface area contributed by atoms with Crippen LogP contribution >= 0.6 is 24.0 Å². The number of nitrogens with zero attached hydrogens (tertiary/aromatic N) is 2. The van der Waals surface area contributed by atoms with Crippen LogP contribution in [0.5, 0.6) is 0 Å². The Kier molecular flexibility index (Phi) is 7.31. The molecule has 30 heavy (non-hydrogen) atoms. The molecule has 0 aliphatic carbocycles. The van der Waals surface area contributed by atoms with Crippen molar-refractivity contribution in [2.24, 2.45) is 0 Å². The zero-order chi connectivity index (χ0) is 21.5. The zero-order valence-corrected chi connectivity index (χ0v) is 17.9. The number of amides is 3. The molecule has 0 saturated carbocycles. The Bertz CT molecular complexity index is 991. The van der Waals surface area contributed by atoms with Crippen molar-refractivity contribution in [3.05, 3.63) is 70.4 Å². The monoisotopic (exact) mass is 440 g/mol. The van der Waals surface area contributed by atoms with Crippen molar-refractivity contribution in [2.75, 3.05) is 6.54 Å². The number of benzene rings is 1. The lowest BCUT2D eigenvalue weighted by Crippen LogP contribution is -2.41. The van der Waals surface area contributed by atoms with Crippen molar-refractivity contribution in [1.29, 1.82) is 0 Å². The first kappa shape index (κ1) is 21.7. The van der Waals surface area contributed by atoms with Gasteiger partial charge in [0.25, 0.3) is 11.8 Å². The SMILES string of the molecule is Cc1ccc(C=C2SC(=S)N(CCCC(=O)NNC(=O)c3ccncc3)C2=O)cc1. The Morgan fingerprint density at radius 1 is 1.13 bits per heavy atom. The highest BCUT2D eigenvalue weighted by atomic mass is 32.2. The average Bonchev–Trinajstić information content (AvgIpc) is 3.01. The van der Waals surface area contributed by atoms with E-state index in [0.29, 0.717) is 27.8 Å². The lowest BCUT2D eigenvalue weighted by molar-refractivity contribution is -0.124. The topological polar surface area (TPSA) is 91.4 Å². The molecule has 1 fully saturated rings. The van der Waals surface area contributed by atoms with Gasteiger partial charge in [0.15, 0.2) is 0 Å². The zero-order valence-electron chi connectivity index (χ0n) is 16.3. The number of aromatic nitrogens is 1. The molecular weight excluding hydrogens is 420 g/mol. The van der Waals surface area contributed by atoms with Gasteiger partial charge in [-0.05, 0) is 37.1 Å². The van der Waals surface area contributed by atoms with Crippen LogP contribution < -0.4 is 10.9 Å². The van der Waals surface area contributed by atoms with Gasteiger partial charge in [0.1, 0.15) is 4.32 Å². The fourth-order valence-electron chi connectivity index (χ4n) is 2.67. The molecule has 0 radical (unpaired) electrons. The van der Waals surface area contributed by atoms with Crippen molar-refractivity contribution < 1.29 is 14.4 Å². The van der Waals surface area contributed by atoms with Gasteiger partial charge in [0.05, 0.1) is 4.91 Å². The Labute approximate surface area is 183 Å². The van der Waals surface area contributed by atoms with E-state index in [0.717, 1.165) is 11.1 Å². The van der Waals surface area contributed by atoms with E-state index in [4.69, 9.17) is 12.2 Å². The number of nitrogens with one attached hydrogen (secondary N) is 2. The molecular formula is C21H20N4O3S2. The van der Waals surface area contributed by atoms with E-state index >= 15 is 0 Å². The summed E-state index contributed by atoms with van der Waals surface area (Å²) in [6, 6.07) is 11.0. The molecule has 154 valence electrons. The minimum atomic E-state index is -0.427. The first-order valence-electron chi connectivity index (χ1n) is 9.25. The lowest BCUT2D eigenvalue weighted by atomic mass is 10.1. The van der Waals surface area contributed by atoms with Gasteiger partial charge < -0.3 is 0 Å². The highest BCUT2D eigenvalue weighted by molar-refractivity contribution is 8.26. The molecule has 1 saturated heterocycles. The van der Waals surface area contributed by atoms with Gasteiger partial charge in [-0.2, -0.15) is 0 Å². The van der Waals surface area contributed by atoms with Crippen molar-refractivity contribution in [1.82, 2.24) is 20.7 Å². The van der Waals surface area contributed by atoms with Gasteiger partial charge in [-0.25, -0.2) is 0 Å². The van der Waals surface area contributed by atoms with Gasteiger partial charge in [0, 0.05) is 30.9 Å². The number of thioether (sulfide) groups is 1. The molecule has 0 bridgehead atoms. The molecule has 2 N–H and O–H groups in total. The number of hydrogen-bond donors (Lipinski definition) is 2. The molecule has 3 rings (SSSR count). The number of carbonyl (C=O) groups is 3. The highest BCUT2D eigenvalue weighted by Gasteiger charge is 2.31. The molecule has 2 aromatic rings. The summed E-state index contributed by atoms with van der Waals surface area (Å²) in [5.74, 6) is -0.932. The van der Waals surface area contributed by atoms with Crippen molar-refractivity contribution in [3.8, 4) is 0 Å². The van der Waals surface area contributed by atoms with Crippen LogP contribution in [0.4, 0.5) is 0 Å². The molecule has 1 aromatic carbocycles. The van der Waals surface area contributed by atoms with Gasteiger partial charge in [0.2, 0.25) is 5.91 Å². The summed E-state index contributed by atoms with van der Waals surface area (Å²) in [6.45, 7) is 2.34. The number of thiocarbonyl (C=S) groups is 1. The molecule has 7 nitrogen and oxygen atoms in total. The Balaban J connectivity index is 1.45. The second kappa shape index (κ2) is 10.1. The largest absolute Gasteiger partial charge is 0.293 e. The molecule has 3 amide bonds. The molecule has 9 heteroatoms. The first-order chi connectivity index (χ1) is 14.4. The van der Waals surface area contributed by atoms with E-state index in [1.54, 1.807) is 12.1 Å². The highest BCUT2D eigenvalue weighted by Crippen LogP contribution is 2.32. The quantitative estimate of drug-likeness (QED) is 0.408. The van der Waals surface area contributed by atoms with Crippen molar-refractivity contribution >= 4 is 52.1 Å². The fraction of sp³-hybridized carbons (Fsp3) is 0.190. The summed E-state index contributed by atoms with van der Waals surface area (Å²) in [5, 5.41) is 0. The Morgan fingerprint density at radius 2 is 1.83 bits per heavy atom. The second-order valence-corrected chi connectivity index (χ2v) is 8.26. The normalized spacial score (nSPS) is 14.8. The third-order valence-corrected chi connectivity index (χ3v) is 5.67. The molecule has 1 aliphatic heterocycles. The van der Waals surface area contributed by atoms with Crippen LogP contribution in [0.15, 0.2) is 53.7 Å². The van der Waals surface area contributed by atoms with Crippen LogP contribution in [0.1, 0.15) is 34.3 Å². The van der Waals surface area contributed by atoms with Crippen molar-refractivity contribution in [3.63, 3.8) is 0 Å². The van der Waals surface area contributed by atoms with E-state index in [9.17, 15) is 14.4 Å². The first-order valence-corrected chi connectivity index (χ1v) is 10.5. The molecule has 1 aliphatic rings. The van der Waals surface area contributed by atoms with Crippen LogP contribution in [-0.2, 0) is 9.59 Å². The van der Waals surface area contributed by atoms with Crippen LogP contribution in [0.3, 0.4) is 0 Å². The van der Waals surface area contributed by atoms with E-state index in [1.807, 2.05) is 37.3 Å². The smallest absolute Gasteiger partial charge is 0.269 e. The van der Waals surface area contributed by atoms with Crippen LogP contribution in [0.25, 0.3) is 6.08 Å². The molecule has 2 heterocycles. The van der Waals surface area contributed by atoms with Gasteiger partial charge >= 0.3 is 0 Å². The summed E-state index contributed by atoms with van der Waals surface area (Å²) in [6.07, 6.45) is 5.37. The van der Waals surface area contributed by atoms with Crippen LogP contribution in [0.2, 0.25) is 0 Å². The summed E-state index contributed by atoms with van der Waals surface area (Å²) in [7, 11) is 0. The van der Waals surface area contributed by atoms with Crippen molar-refractivity contribution in [2.45, 2.75) is 19.8 Å². The third-order valence-electron chi connectivity index (χ3n) is 4.29. The number of hydrogen-bond acceptors (Lipinski definition) is 6. The molecule has 0 atom stereocenters. The van der Waals surface area contributed by atoms with Gasteiger partial charge in [-0.1, -0.05) is 53.8 Å². The molecule has 0 unspecified atom stereocenters. The standard InChI is InChI=1S/C21H20N4O3S2/c1-14-4-6-15(7-5-14)13-17-20(28)25(21(29)30-17)12-2-3-18(26)23-24-19(27)16-8-10-22-11-9-16/h4-11,13H,2-3,12H2,1H3,(H,23,26)(H,24,27). The summed E-state index contributed by atoms with van der Waals surface area (Å²) in [4.78, 5) is 42.4. The number of pyridine rings is 1.